The lowest BCUT2D eigenvalue weighted by atomic mass is 10.2. The van der Waals surface area contributed by atoms with E-state index in [1.807, 2.05) is 6.07 Å². The van der Waals surface area contributed by atoms with Crippen molar-refractivity contribution in [2.24, 2.45) is 0 Å². The third kappa shape index (κ3) is 3.49. The van der Waals surface area contributed by atoms with Gasteiger partial charge in [-0.2, -0.15) is 0 Å². The lowest BCUT2D eigenvalue weighted by Gasteiger charge is -2.19. The quantitative estimate of drug-likeness (QED) is 0.803. The molecule has 3 rings (SSSR count). The number of ether oxygens (including phenoxy) is 1. The maximum Gasteiger partial charge on any atom is 0.347 e. The summed E-state index contributed by atoms with van der Waals surface area (Å²) in [4.78, 5) is 28.6. The minimum absolute atomic E-state index is 0.157. The van der Waals surface area contributed by atoms with Crippen LogP contribution in [0.1, 0.15) is 39.7 Å². The number of esters is 1. The topological polar surface area (TPSA) is 79.0 Å². The summed E-state index contributed by atoms with van der Waals surface area (Å²) in [6.45, 7) is 5.18. The Balaban J connectivity index is 1.94. The normalized spacial score (nSPS) is 14.7. The van der Waals surface area contributed by atoms with E-state index in [2.05, 4.69) is 10.1 Å². The van der Waals surface area contributed by atoms with Gasteiger partial charge in [-0.05, 0) is 45.7 Å². The van der Waals surface area contributed by atoms with Crippen molar-refractivity contribution in [3.63, 3.8) is 0 Å². The van der Waals surface area contributed by atoms with Crippen LogP contribution in [-0.4, -0.2) is 30.9 Å². The third-order valence-corrected chi connectivity index (χ3v) is 3.40. The second-order valence-corrected chi connectivity index (χ2v) is 6.69. The van der Waals surface area contributed by atoms with Gasteiger partial charge in [-0.25, -0.2) is 9.48 Å². The molecular weight excluding hydrogens is 296 g/mol. The van der Waals surface area contributed by atoms with Gasteiger partial charge in [0.05, 0.1) is 0 Å². The first-order valence-corrected chi connectivity index (χ1v) is 7.67. The van der Waals surface area contributed by atoms with Gasteiger partial charge in [0.25, 0.3) is 0 Å². The molecule has 0 spiro atoms. The van der Waals surface area contributed by atoms with Crippen molar-refractivity contribution < 1.29 is 9.53 Å². The van der Waals surface area contributed by atoms with Crippen LogP contribution in [-0.2, 0) is 16.1 Å². The van der Waals surface area contributed by atoms with Crippen LogP contribution in [0.25, 0.3) is 11.4 Å². The maximum atomic E-state index is 12.6. The Hall–Kier alpha value is -2.44. The Labute approximate surface area is 133 Å². The molecule has 0 N–H and O–H groups in total. The highest BCUT2D eigenvalue weighted by molar-refractivity contribution is 5.69. The van der Waals surface area contributed by atoms with E-state index in [-0.39, 0.29) is 18.3 Å². The molecule has 0 aromatic carbocycles. The van der Waals surface area contributed by atoms with Gasteiger partial charge in [0, 0.05) is 24.0 Å². The van der Waals surface area contributed by atoms with Gasteiger partial charge in [0.2, 0.25) is 0 Å². The summed E-state index contributed by atoms with van der Waals surface area (Å²) >= 11 is 0. The predicted octanol–water partition coefficient (Wildman–Crippen LogP) is 1.78. The van der Waals surface area contributed by atoms with Gasteiger partial charge in [0.15, 0.2) is 5.82 Å². The summed E-state index contributed by atoms with van der Waals surface area (Å²) in [7, 11) is 0. The summed E-state index contributed by atoms with van der Waals surface area (Å²) in [6, 6.07) is 3.81. The molecule has 0 bridgehead atoms. The van der Waals surface area contributed by atoms with Crippen LogP contribution in [0.5, 0.6) is 0 Å². The molecule has 2 heterocycles. The molecule has 0 amide bonds. The third-order valence-electron chi connectivity index (χ3n) is 3.40. The van der Waals surface area contributed by atoms with Crippen molar-refractivity contribution in [3.05, 3.63) is 35.0 Å². The molecule has 0 unspecified atom stereocenters. The zero-order valence-corrected chi connectivity index (χ0v) is 13.5. The first-order valence-electron chi connectivity index (χ1n) is 7.67. The van der Waals surface area contributed by atoms with Gasteiger partial charge in [-0.15, -0.1) is 5.10 Å². The van der Waals surface area contributed by atoms with Crippen molar-refractivity contribution in [2.45, 2.75) is 51.8 Å². The summed E-state index contributed by atoms with van der Waals surface area (Å²) in [5.41, 5.74) is -0.108. The second kappa shape index (κ2) is 5.64. The first kappa shape index (κ1) is 15.5. The van der Waals surface area contributed by atoms with Crippen LogP contribution >= 0.6 is 0 Å². The molecule has 1 aliphatic carbocycles. The maximum absolute atomic E-state index is 12.6. The standard InChI is InChI=1S/C16H20N4O3/c1-16(2,3)23-13(21)10-19-15(22)20(12-6-7-12)14(18-19)11-5-4-8-17-9-11/h4-5,8-9,12H,6-7,10H2,1-3H3. The van der Waals surface area contributed by atoms with E-state index >= 15 is 0 Å². The molecule has 0 aliphatic heterocycles. The molecule has 1 saturated carbocycles. The molecule has 23 heavy (non-hydrogen) atoms. The Morgan fingerprint density at radius 1 is 1.39 bits per heavy atom. The van der Waals surface area contributed by atoms with Crippen LogP contribution in [0.15, 0.2) is 29.3 Å². The molecule has 2 aromatic rings. The Bertz CT molecular complexity index is 767. The fraction of sp³-hybridized carbons (Fsp3) is 0.500. The Morgan fingerprint density at radius 2 is 2.13 bits per heavy atom. The lowest BCUT2D eigenvalue weighted by molar-refractivity contribution is -0.155. The highest BCUT2D eigenvalue weighted by Crippen LogP contribution is 2.36. The van der Waals surface area contributed by atoms with E-state index in [0.717, 1.165) is 18.4 Å². The number of rotatable bonds is 4. The fourth-order valence-corrected chi connectivity index (χ4v) is 2.37. The summed E-state index contributed by atoms with van der Waals surface area (Å²) in [5.74, 6) is 0.0759. The number of hydrogen-bond acceptors (Lipinski definition) is 5. The van der Waals surface area contributed by atoms with Gasteiger partial charge in [0.1, 0.15) is 12.1 Å². The molecule has 2 aromatic heterocycles. The van der Waals surface area contributed by atoms with Crippen molar-refractivity contribution in [1.29, 1.82) is 0 Å². The molecule has 0 atom stereocenters. The van der Waals surface area contributed by atoms with Gasteiger partial charge in [-0.1, -0.05) is 0 Å². The van der Waals surface area contributed by atoms with Crippen molar-refractivity contribution >= 4 is 5.97 Å². The summed E-state index contributed by atoms with van der Waals surface area (Å²) in [6.07, 6.45) is 5.23. The summed E-state index contributed by atoms with van der Waals surface area (Å²) < 4.78 is 8.10. The summed E-state index contributed by atoms with van der Waals surface area (Å²) in [5, 5.41) is 4.34. The number of pyridine rings is 1. The molecule has 7 nitrogen and oxygen atoms in total. The lowest BCUT2D eigenvalue weighted by Crippen LogP contribution is -2.31. The predicted molar refractivity (Wildman–Crippen MR) is 83.8 cm³/mol. The zero-order chi connectivity index (χ0) is 16.6. The smallest absolute Gasteiger partial charge is 0.347 e. The van der Waals surface area contributed by atoms with Crippen LogP contribution in [0.2, 0.25) is 0 Å². The number of nitrogens with zero attached hydrogens (tertiary/aromatic N) is 4. The molecule has 0 radical (unpaired) electrons. The highest BCUT2D eigenvalue weighted by atomic mass is 16.6. The molecule has 7 heteroatoms. The van der Waals surface area contributed by atoms with E-state index in [4.69, 9.17) is 4.74 Å². The highest BCUT2D eigenvalue weighted by Gasteiger charge is 2.31. The Kier molecular flexibility index (Phi) is 3.79. The van der Waals surface area contributed by atoms with E-state index in [9.17, 15) is 9.59 Å². The van der Waals surface area contributed by atoms with E-state index < -0.39 is 11.6 Å². The molecule has 122 valence electrons. The fourth-order valence-electron chi connectivity index (χ4n) is 2.37. The molecule has 0 saturated heterocycles. The number of hydrogen-bond donors (Lipinski definition) is 0. The second-order valence-electron chi connectivity index (χ2n) is 6.69. The van der Waals surface area contributed by atoms with E-state index in [0.29, 0.717) is 5.82 Å². The van der Waals surface area contributed by atoms with Crippen molar-refractivity contribution in [3.8, 4) is 11.4 Å². The molecule has 1 aliphatic rings. The van der Waals surface area contributed by atoms with Crippen LogP contribution < -0.4 is 5.69 Å². The van der Waals surface area contributed by atoms with Crippen LogP contribution in [0, 0.1) is 0 Å². The zero-order valence-electron chi connectivity index (χ0n) is 13.5. The Morgan fingerprint density at radius 3 is 2.70 bits per heavy atom. The monoisotopic (exact) mass is 316 g/mol. The van der Waals surface area contributed by atoms with Crippen molar-refractivity contribution in [1.82, 2.24) is 19.3 Å². The minimum Gasteiger partial charge on any atom is -0.459 e. The number of carbonyl (C=O) groups is 1. The van der Waals surface area contributed by atoms with Crippen LogP contribution in [0.3, 0.4) is 0 Å². The van der Waals surface area contributed by atoms with Gasteiger partial charge in [-0.3, -0.25) is 14.3 Å². The average molecular weight is 316 g/mol. The minimum atomic E-state index is -0.591. The average Bonchev–Trinajstić information content (AvgIpc) is 3.24. The number of carbonyl (C=O) groups excluding carboxylic acids is 1. The van der Waals surface area contributed by atoms with Crippen LogP contribution in [0.4, 0.5) is 0 Å². The first-order chi connectivity index (χ1) is 10.8. The van der Waals surface area contributed by atoms with E-state index in [1.165, 1.54) is 4.68 Å². The van der Waals surface area contributed by atoms with Gasteiger partial charge >= 0.3 is 11.7 Å². The molecule has 1 fully saturated rings. The van der Waals surface area contributed by atoms with E-state index in [1.54, 1.807) is 43.8 Å². The largest absolute Gasteiger partial charge is 0.459 e. The van der Waals surface area contributed by atoms with Crippen molar-refractivity contribution in [2.75, 3.05) is 0 Å². The number of aromatic nitrogens is 4. The van der Waals surface area contributed by atoms with Gasteiger partial charge < -0.3 is 4.74 Å². The SMILES string of the molecule is CC(C)(C)OC(=O)Cn1nc(-c2cccnc2)n(C2CC2)c1=O. The molecular formula is C16H20N4O3.